The zero-order valence-electron chi connectivity index (χ0n) is 9.92. The second kappa shape index (κ2) is 3.86. The molecule has 0 saturated heterocycles. The molecular formula is C14H10N4S. The largest absolute Gasteiger partial charge is 0.399 e. The number of rotatable bonds is 0. The average molecular weight is 266 g/mol. The van der Waals surface area contributed by atoms with Gasteiger partial charge in [-0.05, 0) is 30.3 Å². The maximum absolute atomic E-state index is 5.79. The van der Waals surface area contributed by atoms with Gasteiger partial charge in [-0.15, -0.1) is 0 Å². The van der Waals surface area contributed by atoms with Crippen LogP contribution in [0.4, 0.5) is 17.2 Å². The molecule has 1 aliphatic heterocycles. The third-order valence-corrected chi connectivity index (χ3v) is 4.06. The molecule has 2 heterocycles. The zero-order chi connectivity index (χ0) is 12.8. The van der Waals surface area contributed by atoms with Crippen molar-refractivity contribution in [3.05, 3.63) is 42.5 Å². The van der Waals surface area contributed by atoms with E-state index in [1.54, 1.807) is 11.8 Å². The molecule has 0 unspecified atom stereocenters. The summed E-state index contributed by atoms with van der Waals surface area (Å²) in [5.74, 6) is 0.806. The van der Waals surface area contributed by atoms with E-state index in [0.29, 0.717) is 5.69 Å². The van der Waals surface area contributed by atoms with Crippen LogP contribution in [0.25, 0.3) is 11.0 Å². The number of nitrogens with one attached hydrogen (secondary N) is 1. The van der Waals surface area contributed by atoms with Gasteiger partial charge in [0.2, 0.25) is 0 Å². The second-order valence-electron chi connectivity index (χ2n) is 4.35. The predicted octanol–water partition coefficient (Wildman–Crippen LogP) is 3.42. The van der Waals surface area contributed by atoms with Crippen LogP contribution in [0.1, 0.15) is 0 Å². The van der Waals surface area contributed by atoms with E-state index in [1.807, 2.05) is 36.4 Å². The van der Waals surface area contributed by atoms with Crippen molar-refractivity contribution in [1.29, 1.82) is 0 Å². The highest BCUT2D eigenvalue weighted by atomic mass is 32.2. The summed E-state index contributed by atoms with van der Waals surface area (Å²) in [5, 5.41) is 4.21. The minimum absolute atomic E-state index is 0.705. The third kappa shape index (κ3) is 1.70. The summed E-state index contributed by atoms with van der Waals surface area (Å²) in [6, 6.07) is 13.7. The first-order valence-corrected chi connectivity index (χ1v) is 6.72. The Morgan fingerprint density at radius 1 is 1.00 bits per heavy atom. The highest BCUT2D eigenvalue weighted by Crippen LogP contribution is 2.42. The van der Waals surface area contributed by atoms with Crippen LogP contribution in [-0.2, 0) is 0 Å². The minimum atomic E-state index is 0.705. The molecule has 3 N–H and O–H groups in total. The Morgan fingerprint density at radius 2 is 1.89 bits per heavy atom. The van der Waals surface area contributed by atoms with Crippen molar-refractivity contribution in [1.82, 2.24) is 9.97 Å². The molecule has 4 nitrogen and oxygen atoms in total. The van der Waals surface area contributed by atoms with Crippen LogP contribution in [-0.4, -0.2) is 9.97 Å². The van der Waals surface area contributed by atoms with Crippen LogP contribution in [0, 0.1) is 0 Å². The number of hydrogen-bond donors (Lipinski definition) is 2. The van der Waals surface area contributed by atoms with E-state index >= 15 is 0 Å². The fourth-order valence-corrected chi connectivity index (χ4v) is 3.02. The molecule has 92 valence electrons. The summed E-state index contributed by atoms with van der Waals surface area (Å²) < 4.78 is 0. The van der Waals surface area contributed by atoms with Gasteiger partial charge >= 0.3 is 0 Å². The topological polar surface area (TPSA) is 63.8 Å². The Labute approximate surface area is 114 Å². The highest BCUT2D eigenvalue weighted by Gasteiger charge is 2.18. The Balaban J connectivity index is 1.91. The number of hydrogen-bond acceptors (Lipinski definition) is 5. The van der Waals surface area contributed by atoms with E-state index in [0.717, 1.165) is 32.5 Å². The van der Waals surface area contributed by atoms with Crippen LogP contribution < -0.4 is 11.1 Å². The summed E-state index contributed by atoms with van der Waals surface area (Å²) in [6.07, 6.45) is 0. The lowest BCUT2D eigenvalue weighted by Crippen LogP contribution is -2.04. The van der Waals surface area contributed by atoms with Gasteiger partial charge in [0.1, 0.15) is 5.03 Å². The zero-order valence-corrected chi connectivity index (χ0v) is 10.7. The smallest absolute Gasteiger partial charge is 0.164 e. The van der Waals surface area contributed by atoms with Crippen molar-refractivity contribution in [3.8, 4) is 0 Å². The van der Waals surface area contributed by atoms with Crippen LogP contribution in [0.15, 0.2) is 52.4 Å². The SMILES string of the molecule is Nc1ccc2nc3c(nc2c1)Sc1ccccc1N3. The number of nitrogen functional groups attached to an aromatic ring is 1. The van der Waals surface area contributed by atoms with Gasteiger partial charge < -0.3 is 11.1 Å². The van der Waals surface area contributed by atoms with Crippen molar-refractivity contribution in [3.63, 3.8) is 0 Å². The fourth-order valence-electron chi connectivity index (χ4n) is 2.10. The molecule has 5 heteroatoms. The normalized spacial score (nSPS) is 12.6. The Kier molecular flexibility index (Phi) is 2.16. The summed E-state index contributed by atoms with van der Waals surface area (Å²) in [7, 11) is 0. The second-order valence-corrected chi connectivity index (χ2v) is 5.38. The highest BCUT2D eigenvalue weighted by molar-refractivity contribution is 7.99. The van der Waals surface area contributed by atoms with Crippen LogP contribution in [0.3, 0.4) is 0 Å². The predicted molar refractivity (Wildman–Crippen MR) is 77.8 cm³/mol. The van der Waals surface area contributed by atoms with Crippen LogP contribution in [0.2, 0.25) is 0 Å². The van der Waals surface area contributed by atoms with Crippen molar-refractivity contribution in [2.75, 3.05) is 11.1 Å². The molecular weight excluding hydrogens is 256 g/mol. The van der Waals surface area contributed by atoms with Gasteiger partial charge in [0.05, 0.1) is 16.7 Å². The fraction of sp³-hybridized carbons (Fsp3) is 0. The van der Waals surface area contributed by atoms with E-state index in [4.69, 9.17) is 5.73 Å². The van der Waals surface area contributed by atoms with E-state index in [1.165, 1.54) is 0 Å². The molecule has 0 spiro atoms. The Morgan fingerprint density at radius 3 is 2.84 bits per heavy atom. The molecule has 19 heavy (non-hydrogen) atoms. The number of fused-ring (bicyclic) bond motifs is 3. The van der Waals surface area contributed by atoms with Crippen LogP contribution in [0.5, 0.6) is 0 Å². The first-order valence-electron chi connectivity index (χ1n) is 5.91. The molecule has 0 bridgehead atoms. The molecule has 1 aliphatic rings. The van der Waals surface area contributed by atoms with Gasteiger partial charge in [0.25, 0.3) is 0 Å². The Hall–Kier alpha value is -2.27. The maximum Gasteiger partial charge on any atom is 0.164 e. The van der Waals surface area contributed by atoms with E-state index in [-0.39, 0.29) is 0 Å². The van der Waals surface area contributed by atoms with Crippen molar-refractivity contribution in [2.45, 2.75) is 9.92 Å². The average Bonchev–Trinajstić information content (AvgIpc) is 2.43. The first kappa shape index (κ1) is 10.6. The molecule has 1 aromatic heterocycles. The number of para-hydroxylation sites is 1. The number of nitrogens with zero attached hydrogens (tertiary/aromatic N) is 2. The van der Waals surface area contributed by atoms with Gasteiger partial charge in [-0.1, -0.05) is 23.9 Å². The quantitative estimate of drug-likeness (QED) is 0.477. The minimum Gasteiger partial charge on any atom is -0.399 e. The standard InChI is InChI=1S/C14H10N4S/c15-8-5-6-9-11(7-8)18-14-13(16-9)17-10-3-1-2-4-12(10)19-14/h1-7H,15H2,(H,16,17). The van der Waals surface area contributed by atoms with E-state index in [9.17, 15) is 0 Å². The lowest BCUT2D eigenvalue weighted by Gasteiger charge is -2.19. The van der Waals surface area contributed by atoms with Crippen molar-refractivity contribution in [2.24, 2.45) is 0 Å². The molecule has 2 aromatic carbocycles. The van der Waals surface area contributed by atoms with Gasteiger partial charge in [0.15, 0.2) is 5.82 Å². The number of aromatic nitrogens is 2. The van der Waals surface area contributed by atoms with Crippen LogP contribution >= 0.6 is 11.8 Å². The van der Waals surface area contributed by atoms with Gasteiger partial charge in [-0.2, -0.15) is 0 Å². The monoisotopic (exact) mass is 266 g/mol. The number of anilines is 3. The van der Waals surface area contributed by atoms with E-state index in [2.05, 4.69) is 21.4 Å². The molecule has 0 fully saturated rings. The summed E-state index contributed by atoms with van der Waals surface area (Å²) in [4.78, 5) is 10.4. The lowest BCUT2D eigenvalue weighted by molar-refractivity contribution is 1.10. The maximum atomic E-state index is 5.79. The molecule has 0 saturated carbocycles. The van der Waals surface area contributed by atoms with Crippen molar-refractivity contribution < 1.29 is 0 Å². The molecule has 3 aromatic rings. The summed E-state index contributed by atoms with van der Waals surface area (Å²) in [6.45, 7) is 0. The summed E-state index contributed by atoms with van der Waals surface area (Å²) >= 11 is 1.63. The van der Waals surface area contributed by atoms with Crippen molar-refractivity contribution >= 4 is 40.0 Å². The van der Waals surface area contributed by atoms with Gasteiger partial charge in [-0.3, -0.25) is 0 Å². The molecule has 0 atom stereocenters. The third-order valence-electron chi connectivity index (χ3n) is 3.00. The lowest BCUT2D eigenvalue weighted by atomic mass is 10.2. The number of nitrogens with two attached hydrogens (primary N) is 1. The molecule has 4 rings (SSSR count). The Bertz CT molecular complexity index is 801. The van der Waals surface area contributed by atoms with Gasteiger partial charge in [-0.25, -0.2) is 9.97 Å². The number of benzene rings is 2. The first-order chi connectivity index (χ1) is 9.29. The summed E-state index contributed by atoms with van der Waals surface area (Å²) in [5.41, 5.74) is 9.24. The molecule has 0 amide bonds. The molecule has 0 aliphatic carbocycles. The van der Waals surface area contributed by atoms with Gasteiger partial charge in [0, 0.05) is 10.6 Å². The van der Waals surface area contributed by atoms with E-state index < -0.39 is 0 Å². The molecule has 0 radical (unpaired) electrons.